The minimum absolute atomic E-state index is 0.0219. The third-order valence-electron chi connectivity index (χ3n) is 3.83. The second-order valence-electron chi connectivity index (χ2n) is 5.33. The molecule has 2 N–H and O–H groups in total. The zero-order valence-electron chi connectivity index (χ0n) is 13.0. The highest BCUT2D eigenvalue weighted by Crippen LogP contribution is 2.25. The minimum Gasteiger partial charge on any atom is -0.372 e. The molecule has 0 saturated carbocycles. The number of rotatable bonds is 7. The summed E-state index contributed by atoms with van der Waals surface area (Å²) in [5.41, 5.74) is 11.7. The van der Waals surface area contributed by atoms with Gasteiger partial charge in [0.15, 0.2) is 0 Å². The predicted molar refractivity (Wildman–Crippen MR) is 88.7 cm³/mol. The van der Waals surface area contributed by atoms with Crippen molar-refractivity contribution in [2.24, 2.45) is 5.73 Å². The Morgan fingerprint density at radius 1 is 1.29 bits per heavy atom. The molecule has 0 amide bonds. The zero-order chi connectivity index (χ0) is 15.2. The summed E-state index contributed by atoms with van der Waals surface area (Å²) < 4.78 is 6.14. The fourth-order valence-corrected chi connectivity index (χ4v) is 3.17. The van der Waals surface area contributed by atoms with Gasteiger partial charge in [0.05, 0.1) is 23.9 Å². The molecule has 1 aromatic heterocycles. The SMILES string of the molecule is CCC(N)C(OCCc1scnc1C)c1ccccc1C. The van der Waals surface area contributed by atoms with Gasteiger partial charge in [0.1, 0.15) is 0 Å². The van der Waals surface area contributed by atoms with Crippen molar-refractivity contribution in [2.45, 2.75) is 45.8 Å². The molecule has 0 spiro atoms. The molecule has 0 bridgehead atoms. The van der Waals surface area contributed by atoms with Gasteiger partial charge in [0.25, 0.3) is 0 Å². The average molecular weight is 304 g/mol. The predicted octanol–water partition coefficient (Wildman–Crippen LogP) is 3.80. The van der Waals surface area contributed by atoms with Crippen LogP contribution >= 0.6 is 11.3 Å². The van der Waals surface area contributed by atoms with Gasteiger partial charge in [-0.15, -0.1) is 11.3 Å². The Hall–Kier alpha value is -1.23. The van der Waals surface area contributed by atoms with Gasteiger partial charge in [-0.1, -0.05) is 31.2 Å². The molecule has 1 aromatic carbocycles. The first-order chi connectivity index (χ1) is 10.1. The van der Waals surface area contributed by atoms with Crippen molar-refractivity contribution in [3.8, 4) is 0 Å². The van der Waals surface area contributed by atoms with Gasteiger partial charge in [-0.05, 0) is 31.4 Å². The van der Waals surface area contributed by atoms with Crippen molar-refractivity contribution in [3.05, 3.63) is 51.5 Å². The van der Waals surface area contributed by atoms with E-state index in [9.17, 15) is 0 Å². The van der Waals surface area contributed by atoms with Crippen molar-refractivity contribution >= 4 is 11.3 Å². The van der Waals surface area contributed by atoms with Crippen LogP contribution in [0.4, 0.5) is 0 Å². The molecule has 2 unspecified atom stereocenters. The number of aryl methyl sites for hydroxylation is 2. The molecule has 0 aliphatic rings. The van der Waals surface area contributed by atoms with Gasteiger partial charge in [-0.2, -0.15) is 0 Å². The first kappa shape index (κ1) is 16.1. The summed E-state index contributed by atoms with van der Waals surface area (Å²) in [6, 6.07) is 8.35. The summed E-state index contributed by atoms with van der Waals surface area (Å²) >= 11 is 1.69. The molecule has 114 valence electrons. The number of nitrogens with zero attached hydrogens (tertiary/aromatic N) is 1. The van der Waals surface area contributed by atoms with Crippen molar-refractivity contribution < 1.29 is 4.74 Å². The second kappa shape index (κ2) is 7.69. The molecule has 2 rings (SSSR count). The van der Waals surface area contributed by atoms with Crippen LogP contribution in [0.3, 0.4) is 0 Å². The highest BCUT2D eigenvalue weighted by Gasteiger charge is 2.20. The maximum absolute atomic E-state index is 6.27. The van der Waals surface area contributed by atoms with Crippen molar-refractivity contribution in [1.29, 1.82) is 0 Å². The Kier molecular flexibility index (Phi) is 5.91. The molecule has 3 nitrogen and oxygen atoms in total. The number of benzene rings is 1. The van der Waals surface area contributed by atoms with Crippen LogP contribution in [0.1, 0.15) is 41.1 Å². The second-order valence-corrected chi connectivity index (χ2v) is 6.27. The van der Waals surface area contributed by atoms with Crippen LogP contribution < -0.4 is 5.73 Å². The van der Waals surface area contributed by atoms with Crippen LogP contribution in [-0.4, -0.2) is 17.6 Å². The summed E-state index contributed by atoms with van der Waals surface area (Å²) in [5, 5.41) is 0. The molecule has 0 fully saturated rings. The Labute approximate surface area is 131 Å². The zero-order valence-corrected chi connectivity index (χ0v) is 13.8. The van der Waals surface area contributed by atoms with Crippen LogP contribution in [0.25, 0.3) is 0 Å². The monoisotopic (exact) mass is 304 g/mol. The highest BCUT2D eigenvalue weighted by atomic mass is 32.1. The molecular formula is C17H24N2OS. The van der Waals surface area contributed by atoms with E-state index < -0.39 is 0 Å². The first-order valence-corrected chi connectivity index (χ1v) is 8.33. The van der Waals surface area contributed by atoms with E-state index in [1.54, 1.807) is 11.3 Å². The summed E-state index contributed by atoms with van der Waals surface area (Å²) in [4.78, 5) is 5.57. The average Bonchev–Trinajstić information content (AvgIpc) is 2.89. The van der Waals surface area contributed by atoms with E-state index in [1.165, 1.54) is 16.0 Å². The van der Waals surface area contributed by atoms with E-state index >= 15 is 0 Å². The van der Waals surface area contributed by atoms with E-state index in [0.717, 1.165) is 18.5 Å². The van der Waals surface area contributed by atoms with Crippen LogP contribution in [0.5, 0.6) is 0 Å². The quantitative estimate of drug-likeness (QED) is 0.846. The topological polar surface area (TPSA) is 48.1 Å². The minimum atomic E-state index is -0.0376. The molecule has 1 heterocycles. The molecule has 4 heteroatoms. The smallest absolute Gasteiger partial charge is 0.0978 e. The van der Waals surface area contributed by atoms with Gasteiger partial charge in [-0.25, -0.2) is 4.98 Å². The maximum Gasteiger partial charge on any atom is 0.0978 e. The van der Waals surface area contributed by atoms with E-state index in [1.807, 2.05) is 18.5 Å². The molecule has 21 heavy (non-hydrogen) atoms. The lowest BCUT2D eigenvalue weighted by Gasteiger charge is -2.25. The summed E-state index contributed by atoms with van der Waals surface area (Å²) in [5.74, 6) is 0. The van der Waals surface area contributed by atoms with Crippen LogP contribution in [0, 0.1) is 13.8 Å². The lowest BCUT2D eigenvalue weighted by Crippen LogP contribution is -2.30. The summed E-state index contributed by atoms with van der Waals surface area (Å²) in [6.07, 6.45) is 1.76. The Balaban J connectivity index is 2.04. The number of ether oxygens (including phenoxy) is 1. The molecule has 2 atom stereocenters. The van der Waals surface area contributed by atoms with Crippen molar-refractivity contribution in [1.82, 2.24) is 4.98 Å². The van der Waals surface area contributed by atoms with Crippen molar-refractivity contribution in [3.63, 3.8) is 0 Å². The Bertz CT molecular complexity index is 567. The molecule has 0 aliphatic carbocycles. The van der Waals surface area contributed by atoms with Crippen molar-refractivity contribution in [2.75, 3.05) is 6.61 Å². The molecular weight excluding hydrogens is 280 g/mol. The maximum atomic E-state index is 6.27. The lowest BCUT2D eigenvalue weighted by atomic mass is 9.97. The van der Waals surface area contributed by atoms with E-state index in [0.29, 0.717) is 6.61 Å². The third-order valence-corrected chi connectivity index (χ3v) is 4.82. The molecule has 0 saturated heterocycles. The van der Waals surface area contributed by atoms with Gasteiger partial charge in [0.2, 0.25) is 0 Å². The van der Waals surface area contributed by atoms with Gasteiger partial charge in [0, 0.05) is 17.3 Å². The van der Waals surface area contributed by atoms with Crippen LogP contribution in [0.15, 0.2) is 29.8 Å². The normalized spacial score (nSPS) is 14.1. The van der Waals surface area contributed by atoms with Gasteiger partial charge < -0.3 is 10.5 Å². The van der Waals surface area contributed by atoms with Crippen LogP contribution in [0.2, 0.25) is 0 Å². The number of nitrogens with two attached hydrogens (primary N) is 1. The lowest BCUT2D eigenvalue weighted by molar-refractivity contribution is 0.0352. The molecule has 0 aliphatic heterocycles. The number of hydrogen-bond acceptors (Lipinski definition) is 4. The molecule has 0 radical (unpaired) electrons. The standard InChI is InChI=1S/C17H24N2OS/c1-4-15(18)17(14-8-6-5-7-12(14)2)20-10-9-16-13(3)19-11-21-16/h5-8,11,15,17H,4,9-10,18H2,1-3H3. The first-order valence-electron chi connectivity index (χ1n) is 7.45. The van der Waals surface area contributed by atoms with E-state index in [4.69, 9.17) is 10.5 Å². The fourth-order valence-electron chi connectivity index (χ4n) is 2.41. The molecule has 2 aromatic rings. The highest BCUT2D eigenvalue weighted by molar-refractivity contribution is 7.09. The van der Waals surface area contributed by atoms with Gasteiger partial charge >= 0.3 is 0 Å². The summed E-state index contributed by atoms with van der Waals surface area (Å²) in [7, 11) is 0. The fraction of sp³-hybridized carbons (Fsp3) is 0.471. The Morgan fingerprint density at radius 3 is 2.67 bits per heavy atom. The third kappa shape index (κ3) is 4.13. The van der Waals surface area contributed by atoms with Gasteiger partial charge in [-0.3, -0.25) is 0 Å². The van der Waals surface area contributed by atoms with E-state index in [2.05, 4.69) is 37.0 Å². The van der Waals surface area contributed by atoms with Crippen LogP contribution in [-0.2, 0) is 11.2 Å². The number of aromatic nitrogens is 1. The Morgan fingerprint density at radius 2 is 2.05 bits per heavy atom. The summed E-state index contributed by atoms with van der Waals surface area (Å²) in [6.45, 7) is 6.94. The number of hydrogen-bond donors (Lipinski definition) is 1. The van der Waals surface area contributed by atoms with E-state index in [-0.39, 0.29) is 12.1 Å². The largest absolute Gasteiger partial charge is 0.372 e. The number of thiazole rings is 1.